The summed E-state index contributed by atoms with van der Waals surface area (Å²) in [6, 6.07) is 24.6. The van der Waals surface area contributed by atoms with Crippen molar-refractivity contribution in [1.82, 2.24) is 10.2 Å². The Hall–Kier alpha value is -6.40. The van der Waals surface area contributed by atoms with Crippen molar-refractivity contribution in [2.45, 2.75) is 10.1 Å². The molecule has 0 atom stereocenters. The number of azo groups is 2. The molecule has 1 heterocycles. The summed E-state index contributed by atoms with van der Waals surface area (Å²) < 4.78 is 0. The lowest BCUT2D eigenvalue weighted by atomic mass is 10.2. The maximum atomic E-state index is 10.8. The minimum Gasteiger partial charge on any atom is -0.507 e. The highest BCUT2D eigenvalue weighted by Gasteiger charge is 2.06. The van der Waals surface area contributed by atoms with Crippen LogP contribution in [0.15, 0.2) is 138 Å². The Morgan fingerprint density at radius 3 is 1.29 bits per heavy atom. The van der Waals surface area contributed by atoms with Crippen molar-refractivity contribution in [3.05, 3.63) is 128 Å². The number of thioether (sulfide) groups is 2. The number of aromatic nitrogens is 2. The van der Waals surface area contributed by atoms with Crippen LogP contribution in [-0.2, 0) is 0 Å². The summed E-state index contributed by atoms with van der Waals surface area (Å²) in [4.78, 5) is 29.4. The van der Waals surface area contributed by atoms with E-state index >= 15 is 0 Å². The predicted octanol–water partition coefficient (Wildman–Crippen LogP) is 8.96. The molecule has 0 aliphatic heterocycles. The quantitative estimate of drug-likeness (QED) is 0.0244. The Labute approximate surface area is 304 Å². The number of aromatic hydroxyl groups is 2. The minimum absolute atomic E-state index is 0.0341. The molecule has 0 saturated carbocycles. The molecular formula is C34H28N10O6S2. The molecule has 5 aromatic rings. The molecule has 0 aliphatic carbocycles. The SMILES string of the molecule is O=[N+]([O-])c1ccc(N=Nc2ccc(O)c(C=NCCSc3ccc(SCCN=Cc4cc(N=Nc5ccc([N+](=O)[O-])cc5)ccc4O)nn3)c2)cc1. The highest BCUT2D eigenvalue weighted by molar-refractivity contribution is 7.99. The zero-order valence-corrected chi connectivity index (χ0v) is 28.7. The molecule has 18 heteroatoms. The maximum absolute atomic E-state index is 10.8. The van der Waals surface area contributed by atoms with Gasteiger partial charge in [-0.2, -0.15) is 20.5 Å². The van der Waals surface area contributed by atoms with Gasteiger partial charge < -0.3 is 10.2 Å². The first-order valence-corrected chi connectivity index (χ1v) is 17.3. The zero-order valence-electron chi connectivity index (χ0n) is 27.0. The van der Waals surface area contributed by atoms with Gasteiger partial charge in [0.25, 0.3) is 11.4 Å². The van der Waals surface area contributed by atoms with Gasteiger partial charge in [0.15, 0.2) is 0 Å². The Kier molecular flexibility index (Phi) is 13.2. The second-order valence-corrected chi connectivity index (χ2v) is 12.6. The van der Waals surface area contributed by atoms with Crippen LogP contribution in [0.5, 0.6) is 11.5 Å². The molecule has 2 N–H and O–H groups in total. The van der Waals surface area contributed by atoms with E-state index in [1.807, 2.05) is 12.1 Å². The van der Waals surface area contributed by atoms with Gasteiger partial charge in [-0.25, -0.2) is 0 Å². The number of non-ortho nitro benzene ring substituents is 2. The summed E-state index contributed by atoms with van der Waals surface area (Å²) in [5.74, 6) is 1.37. The fourth-order valence-electron chi connectivity index (χ4n) is 4.12. The lowest BCUT2D eigenvalue weighted by Crippen LogP contribution is -1.93. The van der Waals surface area contributed by atoms with E-state index in [1.165, 1.54) is 84.2 Å². The van der Waals surface area contributed by atoms with E-state index in [1.54, 1.807) is 36.7 Å². The van der Waals surface area contributed by atoms with Crippen LogP contribution in [0.4, 0.5) is 34.1 Å². The molecule has 0 spiro atoms. The third kappa shape index (κ3) is 11.3. The molecular weight excluding hydrogens is 709 g/mol. The molecule has 0 bridgehead atoms. The average Bonchev–Trinajstić information content (AvgIpc) is 3.15. The third-order valence-corrected chi connectivity index (χ3v) is 8.52. The van der Waals surface area contributed by atoms with Crippen molar-refractivity contribution in [3.63, 3.8) is 0 Å². The van der Waals surface area contributed by atoms with Crippen LogP contribution in [-0.4, -0.2) is 67.3 Å². The molecule has 5 rings (SSSR count). The van der Waals surface area contributed by atoms with Gasteiger partial charge in [0, 0.05) is 72.4 Å². The Morgan fingerprint density at radius 2 is 0.923 bits per heavy atom. The van der Waals surface area contributed by atoms with Crippen LogP contribution in [0, 0.1) is 20.2 Å². The van der Waals surface area contributed by atoms with Crippen LogP contribution in [0.1, 0.15) is 11.1 Å². The molecule has 0 amide bonds. The van der Waals surface area contributed by atoms with Crippen LogP contribution in [0.25, 0.3) is 0 Å². The van der Waals surface area contributed by atoms with Crippen molar-refractivity contribution in [2.24, 2.45) is 30.4 Å². The van der Waals surface area contributed by atoms with Gasteiger partial charge in [0.05, 0.1) is 32.6 Å². The largest absolute Gasteiger partial charge is 0.507 e. The second-order valence-electron chi connectivity index (χ2n) is 10.4. The maximum Gasteiger partial charge on any atom is 0.269 e. The molecule has 0 fully saturated rings. The number of hydrogen-bond donors (Lipinski definition) is 2. The highest BCUT2D eigenvalue weighted by atomic mass is 32.2. The van der Waals surface area contributed by atoms with Gasteiger partial charge in [-0.3, -0.25) is 30.2 Å². The summed E-state index contributed by atoms with van der Waals surface area (Å²) >= 11 is 2.99. The van der Waals surface area contributed by atoms with Gasteiger partial charge >= 0.3 is 0 Å². The van der Waals surface area contributed by atoms with Crippen molar-refractivity contribution >= 4 is 70.1 Å². The van der Waals surface area contributed by atoms with Crippen LogP contribution in [0.2, 0.25) is 0 Å². The van der Waals surface area contributed by atoms with Crippen LogP contribution < -0.4 is 0 Å². The second kappa shape index (κ2) is 18.6. The third-order valence-electron chi connectivity index (χ3n) is 6.72. The van der Waals surface area contributed by atoms with Crippen molar-refractivity contribution in [2.75, 3.05) is 24.6 Å². The topological polar surface area (TPSA) is 227 Å². The summed E-state index contributed by atoms with van der Waals surface area (Å²) in [7, 11) is 0. The number of nitro groups is 2. The Morgan fingerprint density at radius 1 is 0.558 bits per heavy atom. The molecule has 0 unspecified atom stereocenters. The number of hydrogen-bond acceptors (Lipinski definition) is 16. The number of rotatable bonds is 16. The molecule has 0 radical (unpaired) electrons. The first-order chi connectivity index (χ1) is 25.2. The smallest absolute Gasteiger partial charge is 0.269 e. The number of phenolic OH excluding ortho intramolecular Hbond substituents is 2. The van der Waals surface area contributed by atoms with E-state index < -0.39 is 9.85 Å². The van der Waals surface area contributed by atoms with Gasteiger partial charge in [0.1, 0.15) is 21.6 Å². The summed E-state index contributed by atoms with van der Waals surface area (Å²) in [6.07, 6.45) is 3.12. The lowest BCUT2D eigenvalue weighted by molar-refractivity contribution is -0.385. The number of phenols is 2. The van der Waals surface area contributed by atoms with Crippen LogP contribution in [0.3, 0.4) is 0 Å². The minimum atomic E-state index is -0.486. The first kappa shape index (κ1) is 36.9. The van der Waals surface area contributed by atoms with Gasteiger partial charge in [-0.1, -0.05) is 0 Å². The Bertz CT molecular complexity index is 1980. The van der Waals surface area contributed by atoms with E-state index in [9.17, 15) is 30.4 Å². The molecule has 0 aliphatic rings. The molecule has 0 saturated heterocycles. The zero-order chi connectivity index (χ0) is 36.7. The average molecular weight is 737 g/mol. The van der Waals surface area contributed by atoms with E-state index in [0.717, 1.165) is 10.1 Å². The van der Waals surface area contributed by atoms with Crippen molar-refractivity contribution in [1.29, 1.82) is 0 Å². The van der Waals surface area contributed by atoms with Gasteiger partial charge in [0.2, 0.25) is 0 Å². The number of nitro benzene ring substituents is 2. The number of nitrogens with zero attached hydrogens (tertiary/aromatic N) is 10. The standard InChI is InChI=1S/C34H28N10O6S2/c45-31-11-5-27(39-37-25-1-7-29(8-2-25)43(47)48)19-23(31)21-35-15-17-51-33-13-14-34(42-41-33)52-18-16-36-22-24-20-28(6-12-32(24)46)40-38-26-3-9-30(10-4-26)44(49)50/h1-14,19-22,45-46H,15-18H2. The normalized spacial score (nSPS) is 11.7. The number of aliphatic imine (C=N–C) groups is 2. The lowest BCUT2D eigenvalue weighted by Gasteiger charge is -2.02. The van der Waals surface area contributed by atoms with E-state index in [2.05, 4.69) is 40.6 Å². The highest BCUT2D eigenvalue weighted by Crippen LogP contribution is 2.27. The molecule has 1 aromatic heterocycles. The van der Waals surface area contributed by atoms with Crippen molar-refractivity contribution in [3.8, 4) is 11.5 Å². The van der Waals surface area contributed by atoms with Crippen molar-refractivity contribution < 1.29 is 20.1 Å². The predicted molar refractivity (Wildman–Crippen MR) is 199 cm³/mol. The fraction of sp³-hybridized carbons (Fsp3) is 0.118. The van der Waals surface area contributed by atoms with E-state index in [-0.39, 0.29) is 22.9 Å². The molecule has 4 aromatic carbocycles. The summed E-state index contributed by atoms with van der Waals surface area (Å²) in [5.41, 5.74) is 2.77. The van der Waals surface area contributed by atoms with Gasteiger partial charge in [-0.05, 0) is 72.8 Å². The molecule has 262 valence electrons. The van der Waals surface area contributed by atoms with E-state index in [0.29, 0.717) is 58.5 Å². The molecule has 16 nitrogen and oxygen atoms in total. The Balaban J connectivity index is 1.02. The molecule has 52 heavy (non-hydrogen) atoms. The van der Waals surface area contributed by atoms with Crippen LogP contribution >= 0.6 is 23.5 Å². The summed E-state index contributed by atoms with van der Waals surface area (Å²) in [5, 5.41) is 68.5. The van der Waals surface area contributed by atoms with Gasteiger partial charge in [-0.15, -0.1) is 33.7 Å². The monoisotopic (exact) mass is 736 g/mol. The first-order valence-electron chi connectivity index (χ1n) is 15.3. The summed E-state index contributed by atoms with van der Waals surface area (Å²) in [6.45, 7) is 0.936. The van der Waals surface area contributed by atoms with E-state index in [4.69, 9.17) is 0 Å². The number of benzene rings is 4. The fourth-order valence-corrected chi connectivity index (χ4v) is 5.46.